The summed E-state index contributed by atoms with van der Waals surface area (Å²) in [6.45, 7) is 7.41. The second-order valence-electron chi connectivity index (χ2n) is 14.5. The third kappa shape index (κ3) is 2.29. The van der Waals surface area contributed by atoms with E-state index in [1.807, 2.05) is 7.11 Å². The molecule has 0 saturated heterocycles. The SMILES string of the molecule is COC(C)(C)C12CC3CC(C1)CC(C(C)(OC)C1CC4CC1C1C5CCC(C5)C41)(C3)C2. The van der Waals surface area contributed by atoms with E-state index in [1.54, 1.807) is 25.7 Å². The fourth-order valence-electron chi connectivity index (χ4n) is 12.7. The fraction of sp³-hybridized carbons (Fsp3) is 1.00. The van der Waals surface area contributed by atoms with Crippen molar-refractivity contribution < 1.29 is 9.47 Å². The van der Waals surface area contributed by atoms with Crippen LogP contribution in [0.15, 0.2) is 0 Å². The highest BCUT2D eigenvalue weighted by molar-refractivity contribution is 5.21. The van der Waals surface area contributed by atoms with E-state index in [9.17, 15) is 0 Å². The molecule has 8 fully saturated rings. The van der Waals surface area contributed by atoms with Crippen LogP contribution in [0.4, 0.5) is 0 Å². The van der Waals surface area contributed by atoms with Crippen LogP contribution in [-0.4, -0.2) is 25.4 Å². The lowest BCUT2D eigenvalue weighted by Gasteiger charge is -2.70. The number of rotatable bonds is 5. The van der Waals surface area contributed by atoms with Gasteiger partial charge in [0.2, 0.25) is 0 Å². The average Bonchev–Trinajstić information content (AvgIpc) is 3.51. The van der Waals surface area contributed by atoms with E-state index in [0.717, 1.165) is 53.3 Å². The highest BCUT2D eigenvalue weighted by Gasteiger charge is 2.72. The minimum absolute atomic E-state index is 0.0188. The van der Waals surface area contributed by atoms with Gasteiger partial charge in [-0.15, -0.1) is 0 Å². The molecule has 0 aromatic carbocycles. The van der Waals surface area contributed by atoms with Crippen LogP contribution in [0.3, 0.4) is 0 Å². The maximum atomic E-state index is 6.84. The van der Waals surface area contributed by atoms with Gasteiger partial charge in [0.05, 0.1) is 11.2 Å². The molecule has 174 valence electrons. The lowest BCUT2D eigenvalue weighted by atomic mass is 9.37. The Morgan fingerprint density at radius 3 is 1.97 bits per heavy atom. The van der Waals surface area contributed by atoms with Gasteiger partial charge in [-0.05, 0) is 150 Å². The van der Waals surface area contributed by atoms with Crippen LogP contribution in [0, 0.1) is 64.1 Å². The van der Waals surface area contributed by atoms with Gasteiger partial charge in [0, 0.05) is 19.6 Å². The second kappa shape index (κ2) is 6.12. The van der Waals surface area contributed by atoms with Crippen LogP contribution in [0.25, 0.3) is 0 Å². The Labute approximate surface area is 190 Å². The molecular weight excluding hydrogens is 380 g/mol. The van der Waals surface area contributed by atoms with Crippen LogP contribution < -0.4 is 0 Å². The lowest BCUT2D eigenvalue weighted by Crippen LogP contribution is -2.67. The lowest BCUT2D eigenvalue weighted by molar-refractivity contribution is -0.269. The summed E-state index contributed by atoms with van der Waals surface area (Å²) >= 11 is 0. The standard InChI is InChI=1S/C29H46O2/c1-26(2,30-4)28-12-17-8-18(13-28)15-29(14-17,16-28)27(3,31-5)23-11-21-10-22(23)25-20-7-6-19(9-20)24(21)25/h17-25H,6-16H2,1-5H3. The molecule has 0 aromatic heterocycles. The monoisotopic (exact) mass is 426 g/mol. The van der Waals surface area contributed by atoms with Gasteiger partial charge in [0.1, 0.15) is 0 Å². The van der Waals surface area contributed by atoms with Crippen molar-refractivity contribution in [2.75, 3.05) is 14.2 Å². The van der Waals surface area contributed by atoms with E-state index in [0.29, 0.717) is 10.8 Å². The highest BCUT2D eigenvalue weighted by Crippen LogP contribution is 2.76. The van der Waals surface area contributed by atoms with Crippen LogP contribution in [0.1, 0.15) is 91.4 Å². The number of ether oxygens (including phenoxy) is 2. The molecule has 8 aliphatic carbocycles. The summed E-state index contributed by atoms with van der Waals surface area (Å²) < 4.78 is 13.1. The molecule has 8 bridgehead atoms. The molecule has 0 aliphatic heterocycles. The van der Waals surface area contributed by atoms with Crippen molar-refractivity contribution in [3.8, 4) is 0 Å². The third-order valence-electron chi connectivity index (χ3n) is 13.8. The third-order valence-corrected chi connectivity index (χ3v) is 13.8. The molecule has 10 unspecified atom stereocenters. The fourth-order valence-corrected chi connectivity index (χ4v) is 12.7. The molecule has 0 N–H and O–H groups in total. The highest BCUT2D eigenvalue weighted by atomic mass is 16.5. The molecule has 0 aromatic rings. The number of hydrogen-bond acceptors (Lipinski definition) is 2. The van der Waals surface area contributed by atoms with Crippen LogP contribution >= 0.6 is 0 Å². The maximum Gasteiger partial charge on any atom is 0.0737 e. The van der Waals surface area contributed by atoms with Gasteiger partial charge >= 0.3 is 0 Å². The predicted molar refractivity (Wildman–Crippen MR) is 124 cm³/mol. The molecule has 0 spiro atoms. The van der Waals surface area contributed by atoms with Crippen molar-refractivity contribution in [1.82, 2.24) is 0 Å². The first-order valence-electron chi connectivity index (χ1n) is 13.9. The first kappa shape index (κ1) is 20.3. The van der Waals surface area contributed by atoms with E-state index in [2.05, 4.69) is 27.9 Å². The van der Waals surface area contributed by atoms with E-state index in [-0.39, 0.29) is 11.2 Å². The molecular formula is C29H46O2. The Morgan fingerprint density at radius 2 is 1.32 bits per heavy atom. The summed E-state index contributed by atoms with van der Waals surface area (Å²) in [6, 6.07) is 0. The second-order valence-corrected chi connectivity index (χ2v) is 14.5. The summed E-state index contributed by atoms with van der Waals surface area (Å²) in [5, 5.41) is 0. The van der Waals surface area contributed by atoms with Crippen molar-refractivity contribution in [2.24, 2.45) is 64.1 Å². The van der Waals surface area contributed by atoms with Crippen molar-refractivity contribution in [2.45, 2.75) is 103 Å². The first-order chi connectivity index (χ1) is 14.7. The molecule has 8 aliphatic rings. The van der Waals surface area contributed by atoms with Gasteiger partial charge in [-0.1, -0.05) is 0 Å². The van der Waals surface area contributed by atoms with E-state index in [1.165, 1.54) is 44.9 Å². The Bertz CT molecular complexity index is 757. The number of fused-ring (bicyclic) bond motifs is 9. The molecule has 0 radical (unpaired) electrons. The van der Waals surface area contributed by atoms with Crippen molar-refractivity contribution in [1.29, 1.82) is 0 Å². The summed E-state index contributed by atoms with van der Waals surface area (Å²) in [5.41, 5.74) is 0.781. The average molecular weight is 427 g/mol. The minimum Gasteiger partial charge on any atom is -0.378 e. The first-order valence-corrected chi connectivity index (χ1v) is 13.9. The normalized spacial score (nSPS) is 58.2. The molecule has 2 heteroatoms. The van der Waals surface area contributed by atoms with Crippen LogP contribution in [-0.2, 0) is 9.47 Å². The van der Waals surface area contributed by atoms with E-state index < -0.39 is 0 Å². The zero-order chi connectivity index (χ0) is 21.4. The molecule has 2 nitrogen and oxygen atoms in total. The van der Waals surface area contributed by atoms with Crippen molar-refractivity contribution >= 4 is 0 Å². The van der Waals surface area contributed by atoms with Crippen LogP contribution in [0.5, 0.6) is 0 Å². The summed E-state index contributed by atoms with van der Waals surface area (Å²) in [4.78, 5) is 0. The molecule has 0 amide bonds. The Morgan fingerprint density at radius 1 is 0.677 bits per heavy atom. The van der Waals surface area contributed by atoms with Gasteiger partial charge in [-0.3, -0.25) is 0 Å². The summed E-state index contributed by atoms with van der Waals surface area (Å²) in [7, 11) is 4.06. The number of methoxy groups -OCH3 is 2. The van der Waals surface area contributed by atoms with E-state index in [4.69, 9.17) is 9.47 Å². The Balaban J connectivity index is 1.26. The van der Waals surface area contributed by atoms with Crippen molar-refractivity contribution in [3.63, 3.8) is 0 Å². The number of hydrogen-bond donors (Lipinski definition) is 0. The predicted octanol–water partition coefficient (Wildman–Crippen LogP) is 6.72. The topological polar surface area (TPSA) is 18.5 Å². The zero-order valence-corrected chi connectivity index (χ0v) is 20.8. The zero-order valence-electron chi connectivity index (χ0n) is 20.8. The molecule has 8 rings (SSSR count). The summed E-state index contributed by atoms with van der Waals surface area (Å²) in [6.07, 6.45) is 16.2. The molecule has 8 saturated carbocycles. The van der Waals surface area contributed by atoms with Gasteiger partial charge in [-0.2, -0.15) is 0 Å². The minimum atomic E-state index is -0.0188. The largest absolute Gasteiger partial charge is 0.378 e. The quantitative estimate of drug-likeness (QED) is 0.454. The van der Waals surface area contributed by atoms with Crippen molar-refractivity contribution in [3.05, 3.63) is 0 Å². The maximum absolute atomic E-state index is 6.84. The smallest absolute Gasteiger partial charge is 0.0737 e. The molecule has 0 heterocycles. The Hall–Kier alpha value is -0.0800. The van der Waals surface area contributed by atoms with Crippen LogP contribution in [0.2, 0.25) is 0 Å². The molecule has 31 heavy (non-hydrogen) atoms. The Kier molecular flexibility index (Phi) is 4.01. The van der Waals surface area contributed by atoms with Gasteiger partial charge < -0.3 is 9.47 Å². The summed E-state index contributed by atoms with van der Waals surface area (Å²) in [5.74, 6) is 8.96. The van der Waals surface area contributed by atoms with Gasteiger partial charge in [0.15, 0.2) is 0 Å². The molecule has 10 atom stereocenters. The van der Waals surface area contributed by atoms with Gasteiger partial charge in [0.25, 0.3) is 0 Å². The van der Waals surface area contributed by atoms with Gasteiger partial charge in [-0.25, -0.2) is 0 Å². The van der Waals surface area contributed by atoms with E-state index >= 15 is 0 Å².